The van der Waals surface area contributed by atoms with Crippen LogP contribution in [0.3, 0.4) is 0 Å². The molecule has 1 fully saturated rings. The Balaban J connectivity index is 1.83. The molecule has 2 nitrogen and oxygen atoms in total. The number of hydrogen-bond acceptors (Lipinski definition) is 3. The predicted octanol–water partition coefficient (Wildman–Crippen LogP) is 5.04. The van der Waals surface area contributed by atoms with Gasteiger partial charge in [-0.05, 0) is 56.8 Å². The van der Waals surface area contributed by atoms with E-state index in [4.69, 9.17) is 11.6 Å². The third-order valence-electron chi connectivity index (χ3n) is 4.49. The van der Waals surface area contributed by atoms with Gasteiger partial charge in [0.15, 0.2) is 0 Å². The van der Waals surface area contributed by atoms with Crippen molar-refractivity contribution in [1.29, 1.82) is 0 Å². The molecule has 0 amide bonds. The molecular weight excluding hydrogens is 312 g/mol. The number of anilines is 2. The van der Waals surface area contributed by atoms with E-state index in [1.165, 1.54) is 40.6 Å². The van der Waals surface area contributed by atoms with Crippen LogP contribution in [0.4, 0.5) is 11.4 Å². The Morgan fingerprint density at radius 3 is 2.77 bits per heavy atom. The number of likely N-dealkylation sites (tertiary alicyclic amines) is 1. The van der Waals surface area contributed by atoms with Crippen LogP contribution in [0.2, 0.25) is 5.02 Å². The highest BCUT2D eigenvalue weighted by molar-refractivity contribution is 7.99. The lowest BCUT2D eigenvalue weighted by atomic mass is 10.0. The van der Waals surface area contributed by atoms with E-state index >= 15 is 0 Å². The summed E-state index contributed by atoms with van der Waals surface area (Å²) in [6.45, 7) is 2.30. The van der Waals surface area contributed by atoms with Crippen LogP contribution < -0.4 is 4.90 Å². The van der Waals surface area contributed by atoms with E-state index in [2.05, 4.69) is 53.2 Å². The molecule has 2 aromatic rings. The molecule has 4 heteroatoms. The molecule has 0 bridgehead atoms. The normalized spacial score (nSPS) is 21.4. The summed E-state index contributed by atoms with van der Waals surface area (Å²) in [6, 6.07) is 15.5. The van der Waals surface area contributed by atoms with Gasteiger partial charge in [-0.1, -0.05) is 35.5 Å². The van der Waals surface area contributed by atoms with Crippen molar-refractivity contribution in [1.82, 2.24) is 4.90 Å². The second kappa shape index (κ2) is 5.80. The van der Waals surface area contributed by atoms with Gasteiger partial charge in [-0.2, -0.15) is 0 Å². The Labute approximate surface area is 141 Å². The van der Waals surface area contributed by atoms with Crippen molar-refractivity contribution in [3.8, 4) is 0 Å². The number of para-hydroxylation sites is 1. The largest absolute Gasteiger partial charge is 0.335 e. The molecule has 0 aliphatic carbocycles. The zero-order valence-corrected chi connectivity index (χ0v) is 14.2. The minimum Gasteiger partial charge on any atom is -0.335 e. The molecule has 1 saturated heterocycles. The fourth-order valence-electron chi connectivity index (χ4n) is 3.50. The van der Waals surface area contributed by atoms with Crippen molar-refractivity contribution in [2.75, 3.05) is 25.0 Å². The molecule has 0 saturated carbocycles. The summed E-state index contributed by atoms with van der Waals surface area (Å²) in [4.78, 5) is 7.59. The molecule has 2 aliphatic rings. The van der Waals surface area contributed by atoms with E-state index < -0.39 is 0 Å². The maximum atomic E-state index is 6.29. The Kier molecular flexibility index (Phi) is 3.81. The molecule has 2 heterocycles. The van der Waals surface area contributed by atoms with Crippen LogP contribution in [0.25, 0.3) is 0 Å². The fourth-order valence-corrected chi connectivity index (χ4v) is 4.72. The Hall–Kier alpha value is -1.16. The van der Waals surface area contributed by atoms with Crippen LogP contribution >= 0.6 is 23.4 Å². The number of hydrogen-bond donors (Lipinski definition) is 0. The molecule has 4 rings (SSSR count). The van der Waals surface area contributed by atoms with Crippen LogP contribution in [0.5, 0.6) is 0 Å². The van der Waals surface area contributed by atoms with Crippen LogP contribution in [0.1, 0.15) is 12.8 Å². The van der Waals surface area contributed by atoms with E-state index in [1.54, 1.807) is 0 Å². The summed E-state index contributed by atoms with van der Waals surface area (Å²) in [6.07, 6.45) is 2.48. The smallest absolute Gasteiger partial charge is 0.0570 e. The first kappa shape index (κ1) is 14.4. The predicted molar refractivity (Wildman–Crippen MR) is 94.7 cm³/mol. The van der Waals surface area contributed by atoms with Gasteiger partial charge < -0.3 is 9.80 Å². The van der Waals surface area contributed by atoms with Crippen molar-refractivity contribution in [2.24, 2.45) is 0 Å². The minimum atomic E-state index is 0.512. The molecule has 22 heavy (non-hydrogen) atoms. The van der Waals surface area contributed by atoms with Gasteiger partial charge in [0.1, 0.15) is 0 Å². The summed E-state index contributed by atoms with van der Waals surface area (Å²) in [5.41, 5.74) is 2.58. The van der Waals surface area contributed by atoms with Crippen LogP contribution in [0.15, 0.2) is 52.3 Å². The lowest BCUT2D eigenvalue weighted by Gasteiger charge is -2.42. The summed E-state index contributed by atoms with van der Waals surface area (Å²) in [7, 11) is 2.22. The Bertz CT molecular complexity index is 703. The van der Waals surface area contributed by atoms with Crippen LogP contribution in [-0.2, 0) is 0 Å². The average Bonchev–Trinajstić information content (AvgIpc) is 2.52. The van der Waals surface area contributed by atoms with Crippen molar-refractivity contribution >= 4 is 34.7 Å². The van der Waals surface area contributed by atoms with E-state index in [9.17, 15) is 0 Å². The number of fused-ring (bicyclic) bond motifs is 2. The lowest BCUT2D eigenvalue weighted by molar-refractivity contribution is 0.250. The van der Waals surface area contributed by atoms with E-state index in [1.807, 2.05) is 17.8 Å². The molecule has 114 valence electrons. The highest BCUT2D eigenvalue weighted by Gasteiger charge is 2.31. The number of rotatable bonds is 1. The Morgan fingerprint density at radius 2 is 1.91 bits per heavy atom. The van der Waals surface area contributed by atoms with Gasteiger partial charge in [0.2, 0.25) is 0 Å². The third kappa shape index (κ3) is 2.51. The highest BCUT2D eigenvalue weighted by atomic mass is 35.5. The molecule has 0 aromatic heterocycles. The summed E-state index contributed by atoms with van der Waals surface area (Å²) >= 11 is 8.14. The van der Waals surface area contributed by atoms with Crippen LogP contribution in [-0.4, -0.2) is 31.1 Å². The monoisotopic (exact) mass is 330 g/mol. The number of halogens is 1. The van der Waals surface area contributed by atoms with E-state index in [-0.39, 0.29) is 0 Å². The molecule has 1 unspecified atom stereocenters. The first-order valence-corrected chi connectivity index (χ1v) is 8.96. The highest BCUT2D eigenvalue weighted by Crippen LogP contribution is 2.50. The molecule has 2 aromatic carbocycles. The van der Waals surface area contributed by atoms with Gasteiger partial charge in [0, 0.05) is 27.4 Å². The first-order chi connectivity index (χ1) is 10.7. The van der Waals surface area contributed by atoms with E-state index in [0.29, 0.717) is 6.04 Å². The summed E-state index contributed by atoms with van der Waals surface area (Å²) < 4.78 is 0. The van der Waals surface area contributed by atoms with Gasteiger partial charge in [-0.25, -0.2) is 0 Å². The van der Waals surface area contributed by atoms with Crippen molar-refractivity contribution in [2.45, 2.75) is 28.7 Å². The fraction of sp³-hybridized carbons (Fsp3) is 0.333. The molecule has 0 N–H and O–H groups in total. The number of piperidine rings is 1. The quantitative estimate of drug-likeness (QED) is 0.723. The SMILES string of the molecule is CN1CCCC(N2c3ccccc3Sc3ccc(Cl)cc32)C1. The van der Waals surface area contributed by atoms with Crippen molar-refractivity contribution < 1.29 is 0 Å². The first-order valence-electron chi connectivity index (χ1n) is 7.76. The molecule has 1 atom stereocenters. The summed E-state index contributed by atoms with van der Waals surface area (Å²) in [5, 5.41) is 0.813. The zero-order chi connectivity index (χ0) is 15.1. The maximum Gasteiger partial charge on any atom is 0.0570 e. The topological polar surface area (TPSA) is 6.48 Å². The van der Waals surface area contributed by atoms with Gasteiger partial charge >= 0.3 is 0 Å². The van der Waals surface area contributed by atoms with Gasteiger partial charge in [0.25, 0.3) is 0 Å². The van der Waals surface area contributed by atoms with Gasteiger partial charge in [0.05, 0.1) is 11.4 Å². The van der Waals surface area contributed by atoms with Gasteiger partial charge in [-0.3, -0.25) is 0 Å². The van der Waals surface area contributed by atoms with Crippen molar-refractivity contribution in [3.63, 3.8) is 0 Å². The number of likely N-dealkylation sites (N-methyl/N-ethyl adjacent to an activating group) is 1. The molecule has 2 aliphatic heterocycles. The van der Waals surface area contributed by atoms with Crippen LogP contribution in [0, 0.1) is 0 Å². The lowest BCUT2D eigenvalue weighted by Crippen LogP contribution is -2.45. The molecular formula is C18H19ClN2S. The third-order valence-corrected chi connectivity index (χ3v) is 5.86. The maximum absolute atomic E-state index is 6.29. The minimum absolute atomic E-state index is 0.512. The number of benzene rings is 2. The Morgan fingerprint density at radius 1 is 1.09 bits per heavy atom. The molecule has 0 spiro atoms. The molecule has 0 radical (unpaired) electrons. The second-order valence-electron chi connectivity index (χ2n) is 6.11. The van der Waals surface area contributed by atoms with Crippen molar-refractivity contribution in [3.05, 3.63) is 47.5 Å². The average molecular weight is 331 g/mol. The van der Waals surface area contributed by atoms with E-state index in [0.717, 1.165) is 11.6 Å². The standard InChI is InChI=1S/C18H19ClN2S/c1-20-10-4-5-14(12-20)21-15-6-2-3-7-17(15)22-18-9-8-13(19)11-16(18)21/h2-3,6-9,11,14H,4-5,10,12H2,1H3. The number of nitrogens with zero attached hydrogens (tertiary/aromatic N) is 2. The summed E-state index contributed by atoms with van der Waals surface area (Å²) in [5.74, 6) is 0. The second-order valence-corrected chi connectivity index (χ2v) is 7.63. The zero-order valence-electron chi connectivity index (χ0n) is 12.6. The van der Waals surface area contributed by atoms with Gasteiger partial charge in [-0.15, -0.1) is 0 Å².